The van der Waals surface area contributed by atoms with Crippen LogP contribution in [-0.4, -0.2) is 26.9 Å². The van der Waals surface area contributed by atoms with E-state index >= 15 is 0 Å². The van der Waals surface area contributed by atoms with Crippen molar-refractivity contribution in [2.75, 3.05) is 17.2 Å². The fraction of sp³-hybridized carbons (Fsp3) is 0.471. The van der Waals surface area contributed by atoms with E-state index < -0.39 is 0 Å². The lowest BCUT2D eigenvalue weighted by Gasteiger charge is -2.28. The van der Waals surface area contributed by atoms with Crippen LogP contribution in [0.15, 0.2) is 17.5 Å². The Morgan fingerprint density at radius 3 is 2.80 bits per heavy atom. The van der Waals surface area contributed by atoms with Crippen LogP contribution < -0.4 is 16.4 Å². The molecule has 25 heavy (non-hydrogen) atoms. The number of aryl methyl sites for hydroxylation is 1. The zero-order chi connectivity index (χ0) is 17.2. The first-order chi connectivity index (χ1) is 12.2. The Hall–Kier alpha value is -1.77. The first kappa shape index (κ1) is 16.7. The van der Waals surface area contributed by atoms with Gasteiger partial charge in [0.25, 0.3) is 0 Å². The van der Waals surface area contributed by atoms with Crippen molar-refractivity contribution in [2.45, 2.75) is 38.6 Å². The van der Waals surface area contributed by atoms with Crippen LogP contribution in [0.25, 0.3) is 10.2 Å². The minimum absolute atomic E-state index is 0.460. The van der Waals surface area contributed by atoms with Crippen LogP contribution in [-0.2, 0) is 0 Å². The molecular formula is C17H22N6S2. The van der Waals surface area contributed by atoms with Gasteiger partial charge in [-0.2, -0.15) is 9.36 Å². The molecule has 0 saturated heterocycles. The quantitative estimate of drug-likeness (QED) is 0.622. The number of rotatable bonds is 5. The van der Waals surface area contributed by atoms with Crippen LogP contribution >= 0.6 is 22.9 Å². The summed E-state index contributed by atoms with van der Waals surface area (Å²) in [4.78, 5) is 9.37. The third kappa shape index (κ3) is 3.75. The molecule has 3 aromatic rings. The number of nitrogens with zero attached hydrogens (tertiary/aromatic N) is 3. The Morgan fingerprint density at radius 1 is 1.24 bits per heavy atom. The molecule has 3 heterocycles. The molecule has 0 bridgehead atoms. The minimum Gasteiger partial charge on any atom is -0.366 e. The van der Waals surface area contributed by atoms with Gasteiger partial charge in [-0.3, -0.25) is 0 Å². The summed E-state index contributed by atoms with van der Waals surface area (Å²) in [6.45, 7) is 2.78. The van der Waals surface area contributed by atoms with Crippen LogP contribution in [0.3, 0.4) is 0 Å². The Labute approximate surface area is 155 Å². The lowest BCUT2D eigenvalue weighted by molar-refractivity contribution is 0.344. The molecule has 8 heteroatoms. The second kappa shape index (κ2) is 7.23. The Balaban J connectivity index is 1.56. The molecule has 0 spiro atoms. The lowest BCUT2D eigenvalue weighted by Crippen LogP contribution is -2.29. The monoisotopic (exact) mass is 374 g/mol. The number of fused-ring (bicyclic) bond motifs is 1. The molecule has 1 aliphatic rings. The van der Waals surface area contributed by atoms with Gasteiger partial charge in [-0.15, -0.1) is 11.3 Å². The topological polar surface area (TPSA) is 88.8 Å². The molecule has 0 atom stereocenters. The summed E-state index contributed by atoms with van der Waals surface area (Å²) in [5.74, 6) is 2.23. The Kier molecular flexibility index (Phi) is 4.82. The van der Waals surface area contributed by atoms with Crippen molar-refractivity contribution >= 4 is 49.9 Å². The van der Waals surface area contributed by atoms with E-state index in [1.165, 1.54) is 24.4 Å². The van der Waals surface area contributed by atoms with Gasteiger partial charge < -0.3 is 16.4 Å². The summed E-state index contributed by atoms with van der Waals surface area (Å²) in [5, 5.41) is 9.96. The number of aromatic nitrogens is 3. The number of thiophene rings is 1. The average Bonchev–Trinajstić information content (AvgIpc) is 3.24. The fourth-order valence-corrected chi connectivity index (χ4v) is 4.72. The highest BCUT2D eigenvalue weighted by molar-refractivity contribution is 7.17. The van der Waals surface area contributed by atoms with Gasteiger partial charge in [0.2, 0.25) is 5.95 Å². The molecule has 0 unspecified atom stereocenters. The molecule has 4 rings (SSSR count). The van der Waals surface area contributed by atoms with Crippen LogP contribution in [0, 0.1) is 12.8 Å². The molecule has 1 saturated carbocycles. The molecule has 0 aliphatic heterocycles. The summed E-state index contributed by atoms with van der Waals surface area (Å²) in [5.41, 5.74) is 7.78. The van der Waals surface area contributed by atoms with E-state index in [4.69, 9.17) is 10.7 Å². The number of hydrogen-bond acceptors (Lipinski definition) is 8. The SMILES string of the molecule is Cc1cc(Nc2nc(NC3CCC(CN)CC3)c3sccc3n2)sn1. The number of nitrogens with one attached hydrogen (secondary N) is 2. The highest BCUT2D eigenvalue weighted by Crippen LogP contribution is 2.32. The zero-order valence-corrected chi connectivity index (χ0v) is 15.8. The highest BCUT2D eigenvalue weighted by Gasteiger charge is 2.21. The van der Waals surface area contributed by atoms with Gasteiger partial charge in [0.05, 0.1) is 15.9 Å². The van der Waals surface area contributed by atoms with Crippen molar-refractivity contribution in [3.05, 3.63) is 23.2 Å². The second-order valence-electron chi connectivity index (χ2n) is 6.59. The van der Waals surface area contributed by atoms with Crippen LogP contribution in [0.4, 0.5) is 16.8 Å². The van der Waals surface area contributed by atoms with Crippen molar-refractivity contribution < 1.29 is 0 Å². The van der Waals surface area contributed by atoms with Gasteiger partial charge in [-0.25, -0.2) is 4.98 Å². The van der Waals surface area contributed by atoms with E-state index in [1.54, 1.807) is 11.3 Å². The molecule has 132 valence electrons. The molecule has 3 aromatic heterocycles. The third-order valence-corrected chi connectivity index (χ3v) is 6.39. The third-order valence-electron chi connectivity index (χ3n) is 4.69. The molecule has 0 amide bonds. The number of anilines is 3. The smallest absolute Gasteiger partial charge is 0.230 e. The Bertz CT molecular complexity index is 850. The number of nitrogens with two attached hydrogens (primary N) is 1. The van der Waals surface area contributed by atoms with Crippen LogP contribution in [0.1, 0.15) is 31.4 Å². The van der Waals surface area contributed by atoms with Gasteiger partial charge in [-0.1, -0.05) is 0 Å². The zero-order valence-electron chi connectivity index (χ0n) is 14.2. The first-order valence-electron chi connectivity index (χ1n) is 8.63. The molecule has 6 nitrogen and oxygen atoms in total. The summed E-state index contributed by atoms with van der Waals surface area (Å²) in [7, 11) is 0. The van der Waals surface area contributed by atoms with E-state index in [2.05, 4.69) is 25.4 Å². The molecule has 1 fully saturated rings. The Morgan fingerprint density at radius 2 is 2.08 bits per heavy atom. The number of hydrogen-bond donors (Lipinski definition) is 3. The second-order valence-corrected chi connectivity index (χ2v) is 8.31. The summed E-state index contributed by atoms with van der Waals surface area (Å²) in [6.07, 6.45) is 4.68. The van der Waals surface area contributed by atoms with Crippen molar-refractivity contribution in [3.63, 3.8) is 0 Å². The molecule has 0 aromatic carbocycles. The fourth-order valence-electron chi connectivity index (χ4n) is 3.29. The van der Waals surface area contributed by atoms with Crippen LogP contribution in [0.2, 0.25) is 0 Å². The minimum atomic E-state index is 0.460. The van der Waals surface area contributed by atoms with Gasteiger partial charge in [0.1, 0.15) is 10.8 Å². The van der Waals surface area contributed by atoms with Gasteiger partial charge in [0, 0.05) is 6.04 Å². The van der Waals surface area contributed by atoms with E-state index in [0.29, 0.717) is 17.9 Å². The maximum Gasteiger partial charge on any atom is 0.230 e. The van der Waals surface area contributed by atoms with E-state index in [-0.39, 0.29) is 0 Å². The summed E-state index contributed by atoms with van der Waals surface area (Å²) in [6, 6.07) is 4.51. The standard InChI is InChI=1S/C17H22N6S2/c1-10-8-14(25-23-10)21-17-20-13-6-7-24-15(13)16(22-17)19-12-4-2-11(9-18)3-5-12/h6-8,11-12H,2-5,9,18H2,1H3,(H2,19,20,21,22). The van der Waals surface area contributed by atoms with Gasteiger partial charge in [0.15, 0.2) is 0 Å². The average molecular weight is 375 g/mol. The van der Waals surface area contributed by atoms with Gasteiger partial charge in [-0.05, 0) is 74.1 Å². The predicted molar refractivity (Wildman–Crippen MR) is 106 cm³/mol. The van der Waals surface area contributed by atoms with Crippen molar-refractivity contribution in [3.8, 4) is 0 Å². The van der Waals surface area contributed by atoms with Gasteiger partial charge >= 0.3 is 0 Å². The molecule has 1 aliphatic carbocycles. The maximum atomic E-state index is 5.80. The van der Waals surface area contributed by atoms with Crippen molar-refractivity contribution in [2.24, 2.45) is 11.7 Å². The molecule has 4 N–H and O–H groups in total. The van der Waals surface area contributed by atoms with E-state index in [1.807, 2.05) is 19.1 Å². The normalized spacial score (nSPS) is 20.7. The maximum absolute atomic E-state index is 5.80. The van der Waals surface area contributed by atoms with E-state index in [9.17, 15) is 0 Å². The van der Waals surface area contributed by atoms with Crippen LogP contribution in [0.5, 0.6) is 0 Å². The molecule has 0 radical (unpaired) electrons. The van der Waals surface area contributed by atoms with Crippen molar-refractivity contribution in [1.82, 2.24) is 14.3 Å². The summed E-state index contributed by atoms with van der Waals surface area (Å²) >= 11 is 3.11. The lowest BCUT2D eigenvalue weighted by atomic mass is 9.86. The first-order valence-corrected chi connectivity index (χ1v) is 10.3. The predicted octanol–water partition coefficient (Wildman–Crippen LogP) is 4.13. The van der Waals surface area contributed by atoms with Crippen molar-refractivity contribution in [1.29, 1.82) is 0 Å². The largest absolute Gasteiger partial charge is 0.366 e. The summed E-state index contributed by atoms with van der Waals surface area (Å²) < 4.78 is 5.41. The van der Waals surface area contributed by atoms with E-state index in [0.717, 1.165) is 46.1 Å². The molecular weight excluding hydrogens is 352 g/mol. The highest BCUT2D eigenvalue weighted by atomic mass is 32.1.